The van der Waals surface area contributed by atoms with Gasteiger partial charge in [-0.05, 0) is 47.3 Å². The number of hydrogen-bond acceptors (Lipinski definition) is 3. The summed E-state index contributed by atoms with van der Waals surface area (Å²) >= 11 is 5.00. The number of hydrogen-bond donors (Lipinski definition) is 0. The van der Waals surface area contributed by atoms with Gasteiger partial charge in [0.2, 0.25) is 0 Å². The third-order valence-corrected chi connectivity index (χ3v) is 3.60. The molecule has 0 aliphatic carbocycles. The summed E-state index contributed by atoms with van der Waals surface area (Å²) in [6.07, 6.45) is 4.72. The van der Waals surface area contributed by atoms with Gasteiger partial charge in [-0.2, -0.15) is 11.8 Å². The van der Waals surface area contributed by atoms with Gasteiger partial charge in [0.25, 0.3) is 0 Å². The summed E-state index contributed by atoms with van der Waals surface area (Å²) in [6, 6.07) is 1.73. The third kappa shape index (κ3) is 3.63. The number of thioether (sulfide) groups is 1. The largest absolute Gasteiger partial charge is 0.355 e. The molecule has 1 atom stereocenters. The number of anilines is 1. The molecule has 0 aliphatic heterocycles. The Morgan fingerprint density at radius 1 is 1.62 bits per heavy atom. The van der Waals surface area contributed by atoms with E-state index in [-0.39, 0.29) is 11.9 Å². The van der Waals surface area contributed by atoms with Crippen molar-refractivity contribution in [3.63, 3.8) is 0 Å². The molecule has 0 radical (unpaired) electrons. The second-order valence-corrected chi connectivity index (χ2v) is 5.60. The monoisotopic (exact) mass is 306 g/mol. The molecule has 2 nitrogen and oxygen atoms in total. The first-order valence-electron chi connectivity index (χ1n) is 5.09. The van der Waals surface area contributed by atoms with Crippen LogP contribution in [0.1, 0.15) is 13.3 Å². The lowest BCUT2D eigenvalue weighted by Crippen LogP contribution is -2.30. The number of aromatic nitrogens is 1. The molecule has 0 saturated carbocycles. The van der Waals surface area contributed by atoms with E-state index < -0.39 is 0 Å². The summed E-state index contributed by atoms with van der Waals surface area (Å²) in [4.78, 5) is 5.99. The quantitative estimate of drug-likeness (QED) is 0.827. The SMILES string of the molecule is CSCCC(C)N(C)c1ncc(Br)cc1F. The van der Waals surface area contributed by atoms with E-state index in [0.29, 0.717) is 10.3 Å². The molecule has 5 heteroatoms. The lowest BCUT2D eigenvalue weighted by molar-refractivity contribution is 0.590. The van der Waals surface area contributed by atoms with Crippen molar-refractivity contribution in [3.05, 3.63) is 22.6 Å². The fraction of sp³-hybridized carbons (Fsp3) is 0.545. The first-order valence-corrected chi connectivity index (χ1v) is 7.27. The number of pyridine rings is 1. The van der Waals surface area contributed by atoms with Crippen molar-refractivity contribution in [1.82, 2.24) is 4.98 Å². The third-order valence-electron chi connectivity index (χ3n) is 2.52. The summed E-state index contributed by atoms with van der Waals surface area (Å²) in [7, 11) is 1.88. The lowest BCUT2D eigenvalue weighted by atomic mass is 10.2. The van der Waals surface area contributed by atoms with Crippen molar-refractivity contribution in [2.24, 2.45) is 0 Å². The molecule has 0 aromatic carbocycles. The average molecular weight is 307 g/mol. The van der Waals surface area contributed by atoms with E-state index in [1.165, 1.54) is 6.07 Å². The molecule has 0 spiro atoms. The van der Waals surface area contributed by atoms with Gasteiger partial charge < -0.3 is 4.90 Å². The highest BCUT2D eigenvalue weighted by atomic mass is 79.9. The zero-order valence-electron chi connectivity index (χ0n) is 9.70. The van der Waals surface area contributed by atoms with Gasteiger partial charge in [-0.15, -0.1) is 0 Å². The summed E-state index contributed by atoms with van der Waals surface area (Å²) < 4.78 is 14.3. The van der Waals surface area contributed by atoms with Crippen LogP contribution in [0.2, 0.25) is 0 Å². The highest BCUT2D eigenvalue weighted by Gasteiger charge is 2.15. The van der Waals surface area contributed by atoms with Crippen molar-refractivity contribution in [2.75, 3.05) is 24.0 Å². The van der Waals surface area contributed by atoms with E-state index in [1.807, 2.05) is 11.9 Å². The zero-order chi connectivity index (χ0) is 12.1. The number of nitrogens with zero attached hydrogens (tertiary/aromatic N) is 2. The van der Waals surface area contributed by atoms with Crippen molar-refractivity contribution >= 4 is 33.5 Å². The van der Waals surface area contributed by atoms with Crippen LogP contribution >= 0.6 is 27.7 Å². The van der Waals surface area contributed by atoms with Gasteiger partial charge in [-0.1, -0.05) is 0 Å². The van der Waals surface area contributed by atoms with E-state index >= 15 is 0 Å². The fourth-order valence-corrected chi connectivity index (χ4v) is 2.24. The molecule has 90 valence electrons. The summed E-state index contributed by atoms with van der Waals surface area (Å²) in [6.45, 7) is 2.08. The van der Waals surface area contributed by atoms with Crippen LogP contribution in [0.5, 0.6) is 0 Å². The summed E-state index contributed by atoms with van der Waals surface area (Å²) in [5, 5.41) is 0. The molecule has 0 amide bonds. The molecule has 0 fully saturated rings. The number of halogens is 2. The van der Waals surface area contributed by atoms with E-state index in [0.717, 1.165) is 12.2 Å². The molecule has 0 N–H and O–H groups in total. The Hall–Kier alpha value is -0.290. The Balaban J connectivity index is 2.75. The first-order chi connectivity index (χ1) is 7.56. The molecule has 1 rings (SSSR count). The second-order valence-electron chi connectivity index (χ2n) is 3.70. The van der Waals surface area contributed by atoms with Crippen molar-refractivity contribution in [3.8, 4) is 0 Å². The first kappa shape index (κ1) is 13.8. The van der Waals surface area contributed by atoms with E-state index in [4.69, 9.17) is 0 Å². The minimum atomic E-state index is -0.284. The molecular weight excluding hydrogens is 291 g/mol. The van der Waals surface area contributed by atoms with Gasteiger partial charge in [0.05, 0.1) is 0 Å². The average Bonchev–Trinajstić information content (AvgIpc) is 2.25. The normalized spacial score (nSPS) is 12.6. The summed E-state index contributed by atoms with van der Waals surface area (Å²) in [5.74, 6) is 1.20. The Kier molecular flexibility index (Phi) is 5.55. The molecule has 1 unspecified atom stereocenters. The number of rotatable bonds is 5. The van der Waals surface area contributed by atoms with Gasteiger partial charge >= 0.3 is 0 Å². The smallest absolute Gasteiger partial charge is 0.166 e. The van der Waals surface area contributed by atoms with E-state index in [9.17, 15) is 4.39 Å². The lowest BCUT2D eigenvalue weighted by Gasteiger charge is -2.26. The topological polar surface area (TPSA) is 16.1 Å². The van der Waals surface area contributed by atoms with E-state index in [1.54, 1.807) is 18.0 Å². The summed E-state index contributed by atoms with van der Waals surface area (Å²) in [5.41, 5.74) is 0. The van der Waals surface area contributed by atoms with Crippen molar-refractivity contribution in [1.29, 1.82) is 0 Å². The van der Waals surface area contributed by atoms with Crippen LogP contribution in [-0.4, -0.2) is 30.1 Å². The molecule has 1 aromatic rings. The molecule has 0 saturated heterocycles. The highest BCUT2D eigenvalue weighted by Crippen LogP contribution is 2.21. The van der Waals surface area contributed by atoms with Crippen LogP contribution in [0, 0.1) is 5.82 Å². The van der Waals surface area contributed by atoms with Gasteiger partial charge in [0.1, 0.15) is 0 Å². The van der Waals surface area contributed by atoms with Gasteiger partial charge in [0.15, 0.2) is 11.6 Å². The molecule has 0 bridgehead atoms. The molecule has 0 aliphatic rings. The Bertz CT molecular complexity index is 349. The molecule has 1 aromatic heterocycles. The van der Waals surface area contributed by atoms with E-state index in [2.05, 4.69) is 34.1 Å². The van der Waals surface area contributed by atoms with Crippen LogP contribution < -0.4 is 4.90 Å². The van der Waals surface area contributed by atoms with Crippen LogP contribution in [0.4, 0.5) is 10.2 Å². The molecule has 1 heterocycles. The Morgan fingerprint density at radius 2 is 2.31 bits per heavy atom. The fourth-order valence-electron chi connectivity index (χ4n) is 1.36. The van der Waals surface area contributed by atoms with Crippen LogP contribution in [-0.2, 0) is 0 Å². The van der Waals surface area contributed by atoms with Crippen LogP contribution in [0.3, 0.4) is 0 Å². The zero-order valence-corrected chi connectivity index (χ0v) is 12.1. The maximum absolute atomic E-state index is 13.6. The Morgan fingerprint density at radius 3 is 2.88 bits per heavy atom. The maximum Gasteiger partial charge on any atom is 0.166 e. The van der Waals surface area contributed by atoms with Gasteiger partial charge in [-0.25, -0.2) is 9.37 Å². The Labute approximate surface area is 109 Å². The van der Waals surface area contributed by atoms with Gasteiger partial charge in [-0.3, -0.25) is 0 Å². The van der Waals surface area contributed by atoms with Crippen molar-refractivity contribution in [2.45, 2.75) is 19.4 Å². The second kappa shape index (κ2) is 6.45. The predicted molar refractivity (Wildman–Crippen MR) is 72.8 cm³/mol. The molecular formula is C11H16BrFN2S. The van der Waals surface area contributed by atoms with Crippen LogP contribution in [0.15, 0.2) is 16.7 Å². The predicted octanol–water partition coefficient (Wildman–Crippen LogP) is 3.56. The van der Waals surface area contributed by atoms with Crippen molar-refractivity contribution < 1.29 is 4.39 Å². The minimum absolute atomic E-state index is 0.284. The van der Waals surface area contributed by atoms with Gasteiger partial charge in [0, 0.05) is 23.8 Å². The van der Waals surface area contributed by atoms with Crippen LogP contribution in [0.25, 0.3) is 0 Å². The standard InChI is InChI=1S/C11H16BrFN2S/c1-8(4-5-16-3)15(2)11-10(13)6-9(12)7-14-11/h6-8H,4-5H2,1-3H3. The highest BCUT2D eigenvalue weighted by molar-refractivity contribution is 9.10. The minimum Gasteiger partial charge on any atom is -0.355 e. The maximum atomic E-state index is 13.6. The molecule has 16 heavy (non-hydrogen) atoms.